The fraction of sp³-hybridized carbons (Fsp3) is 0.167. The third kappa shape index (κ3) is 2.79. The predicted octanol–water partition coefficient (Wildman–Crippen LogP) is 2.39. The van der Waals surface area contributed by atoms with Gasteiger partial charge in [-0.25, -0.2) is 4.98 Å². The molecular weight excluding hydrogens is 306 g/mol. The van der Waals surface area contributed by atoms with Gasteiger partial charge >= 0.3 is 0 Å². The Morgan fingerprint density at radius 3 is 2.75 bits per heavy atom. The first-order valence-electron chi connectivity index (χ1n) is 7.29. The molecule has 0 aliphatic heterocycles. The van der Waals surface area contributed by atoms with Crippen LogP contribution < -0.4 is 15.0 Å². The van der Waals surface area contributed by atoms with Gasteiger partial charge < -0.3 is 14.0 Å². The molecule has 6 heteroatoms. The minimum absolute atomic E-state index is 0.0137. The highest BCUT2D eigenvalue weighted by atomic mass is 16.5. The second kappa shape index (κ2) is 6.42. The minimum atomic E-state index is -0.207. The van der Waals surface area contributed by atoms with Crippen LogP contribution in [0.15, 0.2) is 47.3 Å². The zero-order valence-corrected chi connectivity index (χ0v) is 13.3. The van der Waals surface area contributed by atoms with Gasteiger partial charge in [0.2, 0.25) is 0 Å². The van der Waals surface area contributed by atoms with Crippen LogP contribution in [-0.4, -0.2) is 16.7 Å². The van der Waals surface area contributed by atoms with Gasteiger partial charge in [0.25, 0.3) is 5.56 Å². The SMILES string of the molecule is COc1cc(C#N)ccc1OCc1nc2ccccc2n(C)c1=O. The van der Waals surface area contributed by atoms with Crippen LogP contribution in [0.25, 0.3) is 11.0 Å². The number of ether oxygens (including phenoxy) is 2. The number of nitrogens with zero attached hydrogens (tertiary/aromatic N) is 3. The van der Waals surface area contributed by atoms with E-state index >= 15 is 0 Å². The summed E-state index contributed by atoms with van der Waals surface area (Å²) in [5, 5.41) is 8.92. The van der Waals surface area contributed by atoms with E-state index in [-0.39, 0.29) is 12.2 Å². The lowest BCUT2D eigenvalue weighted by Crippen LogP contribution is -2.24. The molecular formula is C18H15N3O3. The van der Waals surface area contributed by atoms with Crippen molar-refractivity contribution >= 4 is 11.0 Å². The average Bonchev–Trinajstić information content (AvgIpc) is 2.63. The van der Waals surface area contributed by atoms with Gasteiger partial charge in [-0.05, 0) is 24.3 Å². The largest absolute Gasteiger partial charge is 0.493 e. The normalized spacial score (nSPS) is 10.4. The molecule has 0 unspecified atom stereocenters. The van der Waals surface area contributed by atoms with Gasteiger partial charge in [-0.15, -0.1) is 0 Å². The number of hydrogen-bond donors (Lipinski definition) is 0. The Morgan fingerprint density at radius 1 is 1.21 bits per heavy atom. The molecule has 0 N–H and O–H groups in total. The van der Waals surface area contributed by atoms with Crippen molar-refractivity contribution in [1.29, 1.82) is 5.26 Å². The van der Waals surface area contributed by atoms with Crippen LogP contribution in [0.3, 0.4) is 0 Å². The molecule has 3 aromatic rings. The lowest BCUT2D eigenvalue weighted by atomic mass is 10.2. The molecule has 0 aliphatic carbocycles. The van der Waals surface area contributed by atoms with Crippen molar-refractivity contribution in [2.24, 2.45) is 7.05 Å². The first-order valence-corrected chi connectivity index (χ1v) is 7.29. The number of para-hydroxylation sites is 2. The van der Waals surface area contributed by atoms with E-state index in [1.165, 1.54) is 7.11 Å². The maximum atomic E-state index is 12.4. The Labute approximate surface area is 138 Å². The molecule has 0 radical (unpaired) electrons. The Kier molecular flexibility index (Phi) is 4.17. The van der Waals surface area contributed by atoms with Crippen molar-refractivity contribution in [2.75, 3.05) is 7.11 Å². The third-order valence-corrected chi connectivity index (χ3v) is 3.71. The van der Waals surface area contributed by atoms with Gasteiger partial charge in [0.1, 0.15) is 12.3 Å². The molecule has 0 saturated heterocycles. The van der Waals surface area contributed by atoms with E-state index in [0.29, 0.717) is 22.8 Å². The zero-order valence-electron chi connectivity index (χ0n) is 13.3. The Balaban J connectivity index is 1.93. The van der Waals surface area contributed by atoms with Crippen LogP contribution in [0.2, 0.25) is 0 Å². The first-order chi connectivity index (χ1) is 11.6. The van der Waals surface area contributed by atoms with Gasteiger partial charge in [-0.1, -0.05) is 12.1 Å². The van der Waals surface area contributed by atoms with Crippen LogP contribution in [0.4, 0.5) is 0 Å². The number of benzene rings is 2. The molecule has 1 aromatic heterocycles. The molecule has 0 aliphatic rings. The Hall–Kier alpha value is -3.33. The second-order valence-corrected chi connectivity index (χ2v) is 5.18. The highest BCUT2D eigenvalue weighted by Crippen LogP contribution is 2.28. The quantitative estimate of drug-likeness (QED) is 0.737. The molecule has 0 atom stereocenters. The van der Waals surface area contributed by atoms with E-state index < -0.39 is 0 Å². The lowest BCUT2D eigenvalue weighted by molar-refractivity contribution is 0.279. The Bertz CT molecular complexity index is 1000. The summed E-state index contributed by atoms with van der Waals surface area (Å²) in [6.07, 6.45) is 0. The standard InChI is InChI=1S/C18H15N3O3/c1-21-15-6-4-3-5-13(15)20-14(18(21)22)11-24-16-8-7-12(10-19)9-17(16)23-2/h3-9H,11H2,1-2H3. The fourth-order valence-corrected chi connectivity index (χ4v) is 2.44. The van der Waals surface area contributed by atoms with E-state index in [2.05, 4.69) is 4.98 Å². The second-order valence-electron chi connectivity index (χ2n) is 5.18. The third-order valence-electron chi connectivity index (χ3n) is 3.71. The zero-order chi connectivity index (χ0) is 17.1. The highest BCUT2D eigenvalue weighted by Gasteiger charge is 2.11. The topological polar surface area (TPSA) is 77.1 Å². The van der Waals surface area contributed by atoms with Crippen molar-refractivity contribution in [3.8, 4) is 17.6 Å². The number of methoxy groups -OCH3 is 1. The summed E-state index contributed by atoms with van der Waals surface area (Å²) in [6.45, 7) is 0.0137. The van der Waals surface area contributed by atoms with E-state index in [0.717, 1.165) is 11.0 Å². The number of aryl methyl sites for hydroxylation is 1. The number of fused-ring (bicyclic) bond motifs is 1. The van der Waals surface area contributed by atoms with E-state index in [1.807, 2.05) is 30.3 Å². The van der Waals surface area contributed by atoms with Crippen LogP contribution in [0.5, 0.6) is 11.5 Å². The number of hydrogen-bond acceptors (Lipinski definition) is 5. The monoisotopic (exact) mass is 321 g/mol. The van der Waals surface area contributed by atoms with Crippen LogP contribution in [-0.2, 0) is 13.7 Å². The molecule has 0 spiro atoms. The van der Waals surface area contributed by atoms with Crippen LogP contribution in [0.1, 0.15) is 11.3 Å². The summed E-state index contributed by atoms with van der Waals surface area (Å²) >= 11 is 0. The smallest absolute Gasteiger partial charge is 0.276 e. The van der Waals surface area contributed by atoms with Gasteiger partial charge in [0, 0.05) is 13.1 Å². The van der Waals surface area contributed by atoms with Gasteiger partial charge in [-0.2, -0.15) is 5.26 Å². The fourth-order valence-electron chi connectivity index (χ4n) is 2.44. The highest BCUT2D eigenvalue weighted by molar-refractivity contribution is 5.74. The summed E-state index contributed by atoms with van der Waals surface area (Å²) in [4.78, 5) is 16.8. The van der Waals surface area contributed by atoms with Crippen LogP contribution in [0, 0.1) is 11.3 Å². The number of aromatic nitrogens is 2. The number of nitriles is 1. The maximum absolute atomic E-state index is 12.4. The molecule has 24 heavy (non-hydrogen) atoms. The van der Waals surface area contributed by atoms with E-state index in [1.54, 1.807) is 29.8 Å². The van der Waals surface area contributed by atoms with E-state index in [9.17, 15) is 4.79 Å². The predicted molar refractivity (Wildman–Crippen MR) is 89.0 cm³/mol. The average molecular weight is 321 g/mol. The summed E-state index contributed by atoms with van der Waals surface area (Å²) in [7, 11) is 3.20. The summed E-state index contributed by atoms with van der Waals surface area (Å²) in [5.74, 6) is 0.889. The van der Waals surface area contributed by atoms with E-state index in [4.69, 9.17) is 14.7 Å². The van der Waals surface area contributed by atoms with Crippen LogP contribution >= 0.6 is 0 Å². The van der Waals surface area contributed by atoms with Crippen molar-refractivity contribution in [3.05, 3.63) is 64.1 Å². The molecule has 0 bridgehead atoms. The molecule has 0 amide bonds. The van der Waals surface area contributed by atoms with Crippen molar-refractivity contribution in [3.63, 3.8) is 0 Å². The van der Waals surface area contributed by atoms with Gasteiger partial charge in [-0.3, -0.25) is 4.79 Å². The van der Waals surface area contributed by atoms with Crippen molar-refractivity contribution < 1.29 is 9.47 Å². The molecule has 6 nitrogen and oxygen atoms in total. The van der Waals surface area contributed by atoms with Crippen molar-refractivity contribution in [1.82, 2.24) is 9.55 Å². The summed E-state index contributed by atoms with van der Waals surface area (Å²) < 4.78 is 12.5. The molecule has 2 aromatic carbocycles. The maximum Gasteiger partial charge on any atom is 0.276 e. The van der Waals surface area contributed by atoms with Crippen molar-refractivity contribution in [2.45, 2.75) is 6.61 Å². The molecule has 120 valence electrons. The number of rotatable bonds is 4. The molecule has 1 heterocycles. The lowest BCUT2D eigenvalue weighted by Gasteiger charge is -2.11. The molecule has 0 saturated carbocycles. The molecule has 0 fully saturated rings. The summed E-state index contributed by atoms with van der Waals surface area (Å²) in [6, 6.07) is 14.3. The minimum Gasteiger partial charge on any atom is -0.493 e. The molecule has 3 rings (SSSR count). The Morgan fingerprint density at radius 2 is 2.00 bits per heavy atom. The van der Waals surface area contributed by atoms with Gasteiger partial charge in [0.15, 0.2) is 11.5 Å². The van der Waals surface area contributed by atoms with Gasteiger partial charge in [0.05, 0.1) is 29.8 Å². The first kappa shape index (κ1) is 15.6. The summed E-state index contributed by atoms with van der Waals surface area (Å²) in [5.41, 5.74) is 2.06.